The summed E-state index contributed by atoms with van der Waals surface area (Å²) in [7, 11) is 3.63. The van der Waals surface area contributed by atoms with Crippen molar-refractivity contribution in [2.75, 3.05) is 27.2 Å². The van der Waals surface area contributed by atoms with E-state index in [4.69, 9.17) is 0 Å². The maximum absolute atomic E-state index is 14.6. The van der Waals surface area contributed by atoms with Crippen LogP contribution in [0.2, 0.25) is 0 Å². The van der Waals surface area contributed by atoms with Gasteiger partial charge in [0.15, 0.2) is 0 Å². The van der Waals surface area contributed by atoms with Crippen LogP contribution in [0.4, 0.5) is 4.39 Å². The predicted octanol–water partition coefficient (Wildman–Crippen LogP) is 2.51. The zero-order chi connectivity index (χ0) is 20.4. The first-order chi connectivity index (χ1) is 13.3. The van der Waals surface area contributed by atoms with Gasteiger partial charge in [0.2, 0.25) is 0 Å². The van der Waals surface area contributed by atoms with Crippen LogP contribution in [0.3, 0.4) is 0 Å². The number of nitrogens with zero attached hydrogens (tertiary/aromatic N) is 2. The number of hydrogen-bond donors (Lipinski definition) is 2. The molecular formula is C21H21FN2O4. The molecule has 2 aromatic carbocycles. The summed E-state index contributed by atoms with van der Waals surface area (Å²) in [6.07, 6.45) is 0. The van der Waals surface area contributed by atoms with Crippen molar-refractivity contribution < 1.29 is 24.2 Å². The number of phenols is 1. The molecule has 1 saturated heterocycles. The van der Waals surface area contributed by atoms with Gasteiger partial charge in [-0.3, -0.25) is 9.59 Å². The Morgan fingerprint density at radius 1 is 1.11 bits per heavy atom. The van der Waals surface area contributed by atoms with E-state index in [9.17, 15) is 24.2 Å². The fourth-order valence-corrected chi connectivity index (χ4v) is 3.26. The number of aliphatic hydroxyl groups is 1. The SMILES string of the molecule is CN(C)CCN1C(=O)C(=O)C(=C(O)c2ccccc2O)C1c1ccccc1F. The molecule has 1 fully saturated rings. The lowest BCUT2D eigenvalue weighted by molar-refractivity contribution is -0.140. The van der Waals surface area contributed by atoms with Crippen molar-refractivity contribution in [2.45, 2.75) is 6.04 Å². The Kier molecular flexibility index (Phi) is 5.46. The van der Waals surface area contributed by atoms with Gasteiger partial charge in [0.25, 0.3) is 11.7 Å². The van der Waals surface area contributed by atoms with Crippen LogP contribution in [0, 0.1) is 5.82 Å². The Hall–Kier alpha value is -3.19. The number of para-hydroxylation sites is 1. The molecule has 146 valence electrons. The maximum atomic E-state index is 14.6. The molecule has 0 spiro atoms. The number of hydrogen-bond acceptors (Lipinski definition) is 5. The Morgan fingerprint density at radius 2 is 1.75 bits per heavy atom. The van der Waals surface area contributed by atoms with Gasteiger partial charge in [-0.25, -0.2) is 4.39 Å². The van der Waals surface area contributed by atoms with Crippen LogP contribution in [-0.2, 0) is 9.59 Å². The largest absolute Gasteiger partial charge is 0.507 e. The first-order valence-corrected chi connectivity index (χ1v) is 8.79. The van der Waals surface area contributed by atoms with E-state index in [1.165, 1.54) is 35.2 Å². The van der Waals surface area contributed by atoms with Crippen molar-refractivity contribution in [1.29, 1.82) is 0 Å². The van der Waals surface area contributed by atoms with E-state index in [0.29, 0.717) is 6.54 Å². The Balaban J connectivity index is 2.20. The summed E-state index contributed by atoms with van der Waals surface area (Å²) in [6, 6.07) is 10.7. The second kappa shape index (κ2) is 7.82. The monoisotopic (exact) mass is 384 g/mol. The number of carbonyl (C=O) groups excluding carboxylic acids is 2. The summed E-state index contributed by atoms with van der Waals surface area (Å²) in [5.41, 5.74) is -0.123. The highest BCUT2D eigenvalue weighted by molar-refractivity contribution is 6.46. The summed E-state index contributed by atoms with van der Waals surface area (Å²) in [4.78, 5) is 28.5. The molecule has 2 aromatic rings. The Labute approximate surface area is 162 Å². The van der Waals surface area contributed by atoms with Gasteiger partial charge in [0.1, 0.15) is 17.3 Å². The van der Waals surface area contributed by atoms with Crippen molar-refractivity contribution in [3.05, 3.63) is 71.0 Å². The molecule has 3 rings (SSSR count). The molecule has 28 heavy (non-hydrogen) atoms. The van der Waals surface area contributed by atoms with Gasteiger partial charge in [-0.15, -0.1) is 0 Å². The lowest BCUT2D eigenvalue weighted by Gasteiger charge is -2.26. The summed E-state index contributed by atoms with van der Waals surface area (Å²) in [5, 5.41) is 20.9. The van der Waals surface area contributed by atoms with Crippen LogP contribution in [0.1, 0.15) is 17.2 Å². The van der Waals surface area contributed by atoms with E-state index >= 15 is 0 Å². The third kappa shape index (κ3) is 3.48. The van der Waals surface area contributed by atoms with E-state index in [0.717, 1.165) is 0 Å². The fourth-order valence-electron chi connectivity index (χ4n) is 3.26. The first-order valence-electron chi connectivity index (χ1n) is 8.79. The molecular weight excluding hydrogens is 363 g/mol. The van der Waals surface area contributed by atoms with E-state index in [-0.39, 0.29) is 29.0 Å². The number of rotatable bonds is 5. The average molecular weight is 384 g/mol. The number of likely N-dealkylation sites (N-methyl/N-ethyl adjacent to an activating group) is 1. The van der Waals surface area contributed by atoms with E-state index in [1.54, 1.807) is 18.2 Å². The van der Waals surface area contributed by atoms with Crippen LogP contribution in [0.15, 0.2) is 54.1 Å². The van der Waals surface area contributed by atoms with E-state index in [1.807, 2.05) is 19.0 Å². The van der Waals surface area contributed by atoms with Crippen molar-refractivity contribution in [1.82, 2.24) is 9.80 Å². The maximum Gasteiger partial charge on any atom is 0.295 e. The Bertz CT molecular complexity index is 955. The number of amides is 1. The highest BCUT2D eigenvalue weighted by Crippen LogP contribution is 2.41. The minimum atomic E-state index is -1.08. The van der Waals surface area contributed by atoms with Gasteiger partial charge in [0, 0.05) is 18.7 Å². The molecule has 0 saturated carbocycles. The average Bonchev–Trinajstić information content (AvgIpc) is 2.91. The van der Waals surface area contributed by atoms with Gasteiger partial charge in [0.05, 0.1) is 17.2 Å². The number of aliphatic hydroxyl groups excluding tert-OH is 1. The highest BCUT2D eigenvalue weighted by atomic mass is 19.1. The van der Waals surface area contributed by atoms with Gasteiger partial charge < -0.3 is 20.0 Å². The predicted molar refractivity (Wildman–Crippen MR) is 102 cm³/mol. The zero-order valence-corrected chi connectivity index (χ0v) is 15.6. The molecule has 0 radical (unpaired) electrons. The van der Waals surface area contributed by atoms with Crippen LogP contribution in [0.5, 0.6) is 5.75 Å². The topological polar surface area (TPSA) is 81.1 Å². The van der Waals surface area contributed by atoms with Crippen LogP contribution < -0.4 is 0 Å². The molecule has 0 aliphatic carbocycles. The summed E-state index contributed by atoms with van der Waals surface area (Å²) in [5.74, 6) is -3.09. The Morgan fingerprint density at radius 3 is 2.39 bits per heavy atom. The van der Waals surface area contributed by atoms with Gasteiger partial charge in [-0.2, -0.15) is 0 Å². The number of halogens is 1. The quantitative estimate of drug-likeness (QED) is 0.470. The van der Waals surface area contributed by atoms with Crippen molar-refractivity contribution in [3.8, 4) is 5.75 Å². The molecule has 2 N–H and O–H groups in total. The number of carbonyl (C=O) groups is 2. The van der Waals surface area contributed by atoms with E-state index in [2.05, 4.69) is 0 Å². The standard InChI is InChI=1S/C21H21FN2O4/c1-23(2)11-12-24-18(13-7-3-5-9-15(13)22)17(20(27)21(24)28)19(26)14-8-4-6-10-16(14)25/h3-10,18,25-26H,11-12H2,1-2H3. The van der Waals surface area contributed by atoms with Crippen LogP contribution in [-0.4, -0.2) is 58.9 Å². The third-order valence-electron chi connectivity index (χ3n) is 4.69. The molecule has 1 aliphatic rings. The second-order valence-electron chi connectivity index (χ2n) is 6.83. The molecule has 0 aromatic heterocycles. The molecule has 1 unspecified atom stereocenters. The minimum Gasteiger partial charge on any atom is -0.507 e. The number of ketones is 1. The van der Waals surface area contributed by atoms with E-state index < -0.39 is 29.3 Å². The van der Waals surface area contributed by atoms with Gasteiger partial charge in [-0.05, 0) is 32.3 Å². The van der Waals surface area contributed by atoms with Crippen LogP contribution in [0.25, 0.3) is 5.76 Å². The van der Waals surface area contributed by atoms with Gasteiger partial charge >= 0.3 is 0 Å². The number of benzene rings is 2. The number of likely N-dealkylation sites (tertiary alicyclic amines) is 1. The fraction of sp³-hybridized carbons (Fsp3) is 0.238. The normalized spacial score (nSPS) is 18.9. The number of aromatic hydroxyl groups is 1. The highest BCUT2D eigenvalue weighted by Gasteiger charge is 2.46. The molecule has 6 nitrogen and oxygen atoms in total. The smallest absolute Gasteiger partial charge is 0.295 e. The van der Waals surface area contributed by atoms with Crippen molar-refractivity contribution >= 4 is 17.4 Å². The minimum absolute atomic E-state index is 0.00875. The lowest BCUT2D eigenvalue weighted by atomic mass is 9.94. The summed E-state index contributed by atoms with van der Waals surface area (Å²) >= 11 is 0. The summed E-state index contributed by atoms with van der Waals surface area (Å²) < 4.78 is 14.6. The number of Topliss-reactive ketones (excluding diaryl/α,β-unsaturated/α-hetero) is 1. The van der Waals surface area contributed by atoms with Crippen molar-refractivity contribution in [3.63, 3.8) is 0 Å². The molecule has 0 bridgehead atoms. The second-order valence-corrected chi connectivity index (χ2v) is 6.83. The van der Waals surface area contributed by atoms with Gasteiger partial charge in [-0.1, -0.05) is 30.3 Å². The molecule has 1 atom stereocenters. The van der Waals surface area contributed by atoms with Crippen molar-refractivity contribution in [2.24, 2.45) is 0 Å². The lowest BCUT2D eigenvalue weighted by Crippen LogP contribution is -2.35. The number of phenolic OH excluding ortho intramolecular Hbond substituents is 1. The molecule has 1 heterocycles. The zero-order valence-electron chi connectivity index (χ0n) is 15.6. The third-order valence-corrected chi connectivity index (χ3v) is 4.69. The first kappa shape index (κ1) is 19.6. The molecule has 1 amide bonds. The van der Waals surface area contributed by atoms with Crippen LogP contribution >= 0.6 is 0 Å². The molecule has 7 heteroatoms. The summed E-state index contributed by atoms with van der Waals surface area (Å²) in [6.45, 7) is 0.628. The molecule has 1 aliphatic heterocycles.